The van der Waals surface area contributed by atoms with Crippen molar-refractivity contribution in [1.29, 1.82) is 0 Å². The van der Waals surface area contributed by atoms with Crippen molar-refractivity contribution in [3.05, 3.63) is 35.9 Å². The lowest BCUT2D eigenvalue weighted by atomic mass is 10.1. The SMILES string of the molecule is CCNC(=NCC1CCCC1O)N(C)Cc1ccccc1. The molecule has 116 valence electrons. The van der Waals surface area contributed by atoms with E-state index >= 15 is 0 Å². The molecule has 1 saturated carbocycles. The molecule has 21 heavy (non-hydrogen) atoms. The summed E-state index contributed by atoms with van der Waals surface area (Å²) in [5, 5.41) is 13.2. The zero-order valence-corrected chi connectivity index (χ0v) is 13.1. The van der Waals surface area contributed by atoms with E-state index in [1.54, 1.807) is 0 Å². The monoisotopic (exact) mass is 289 g/mol. The van der Waals surface area contributed by atoms with E-state index in [2.05, 4.69) is 48.5 Å². The lowest BCUT2D eigenvalue weighted by Crippen LogP contribution is -2.39. The summed E-state index contributed by atoms with van der Waals surface area (Å²) >= 11 is 0. The molecule has 2 N–H and O–H groups in total. The molecule has 0 amide bonds. The first-order chi connectivity index (χ1) is 10.2. The third kappa shape index (κ3) is 4.74. The highest BCUT2D eigenvalue weighted by Gasteiger charge is 2.24. The summed E-state index contributed by atoms with van der Waals surface area (Å²) in [6.07, 6.45) is 2.97. The number of guanidine groups is 1. The molecule has 4 nitrogen and oxygen atoms in total. The van der Waals surface area contributed by atoms with Gasteiger partial charge in [-0.15, -0.1) is 0 Å². The van der Waals surface area contributed by atoms with Crippen LogP contribution < -0.4 is 5.32 Å². The maximum atomic E-state index is 9.90. The van der Waals surface area contributed by atoms with Crippen molar-refractivity contribution >= 4 is 5.96 Å². The van der Waals surface area contributed by atoms with Crippen molar-refractivity contribution < 1.29 is 5.11 Å². The second kappa shape index (κ2) is 8.03. The second-order valence-corrected chi connectivity index (χ2v) is 5.79. The molecule has 1 aliphatic rings. The molecule has 2 atom stereocenters. The summed E-state index contributed by atoms with van der Waals surface area (Å²) in [7, 11) is 2.06. The Balaban J connectivity index is 1.96. The summed E-state index contributed by atoms with van der Waals surface area (Å²) < 4.78 is 0. The topological polar surface area (TPSA) is 47.9 Å². The van der Waals surface area contributed by atoms with Crippen molar-refractivity contribution in [2.75, 3.05) is 20.1 Å². The first-order valence-electron chi connectivity index (χ1n) is 7.92. The van der Waals surface area contributed by atoms with Gasteiger partial charge in [-0.05, 0) is 25.3 Å². The van der Waals surface area contributed by atoms with Gasteiger partial charge < -0.3 is 15.3 Å². The number of aliphatic hydroxyl groups excluding tert-OH is 1. The number of nitrogens with one attached hydrogen (secondary N) is 1. The molecule has 2 unspecified atom stereocenters. The first kappa shape index (κ1) is 15.8. The van der Waals surface area contributed by atoms with Gasteiger partial charge in [0.25, 0.3) is 0 Å². The number of aliphatic hydroxyl groups is 1. The van der Waals surface area contributed by atoms with E-state index in [0.717, 1.165) is 38.3 Å². The lowest BCUT2D eigenvalue weighted by Gasteiger charge is -2.23. The van der Waals surface area contributed by atoms with Crippen LogP contribution in [0.2, 0.25) is 0 Å². The Hall–Kier alpha value is -1.55. The summed E-state index contributed by atoms with van der Waals surface area (Å²) in [6, 6.07) is 10.4. The van der Waals surface area contributed by atoms with Crippen LogP contribution in [0.15, 0.2) is 35.3 Å². The average Bonchev–Trinajstić information content (AvgIpc) is 2.90. The van der Waals surface area contributed by atoms with Crippen molar-refractivity contribution in [3.8, 4) is 0 Å². The number of hydrogen-bond acceptors (Lipinski definition) is 2. The summed E-state index contributed by atoms with van der Waals surface area (Å²) in [4.78, 5) is 6.85. The van der Waals surface area contributed by atoms with Crippen LogP contribution in [0.3, 0.4) is 0 Å². The molecule has 1 aliphatic carbocycles. The number of hydrogen-bond donors (Lipinski definition) is 2. The molecule has 2 rings (SSSR count). The third-order valence-electron chi connectivity index (χ3n) is 4.05. The smallest absolute Gasteiger partial charge is 0.193 e. The molecular formula is C17H27N3O. The molecule has 0 heterocycles. The van der Waals surface area contributed by atoms with E-state index in [1.165, 1.54) is 5.56 Å². The number of aliphatic imine (C=N–C) groups is 1. The van der Waals surface area contributed by atoms with Crippen LogP contribution in [0.4, 0.5) is 0 Å². The first-order valence-corrected chi connectivity index (χ1v) is 7.92. The molecule has 0 spiro atoms. The minimum absolute atomic E-state index is 0.170. The van der Waals surface area contributed by atoms with Crippen LogP contribution in [0, 0.1) is 5.92 Å². The highest BCUT2D eigenvalue weighted by molar-refractivity contribution is 5.79. The largest absolute Gasteiger partial charge is 0.393 e. The van der Waals surface area contributed by atoms with Crippen molar-refractivity contribution in [3.63, 3.8) is 0 Å². The maximum absolute atomic E-state index is 9.90. The van der Waals surface area contributed by atoms with E-state index in [1.807, 2.05) is 6.07 Å². The molecule has 1 aromatic carbocycles. The van der Waals surface area contributed by atoms with Gasteiger partial charge in [0.2, 0.25) is 0 Å². The summed E-state index contributed by atoms with van der Waals surface area (Å²) in [6.45, 7) is 4.48. The van der Waals surface area contributed by atoms with Crippen LogP contribution in [-0.4, -0.2) is 42.2 Å². The van der Waals surface area contributed by atoms with Crippen LogP contribution in [-0.2, 0) is 6.54 Å². The van der Waals surface area contributed by atoms with Gasteiger partial charge in [-0.1, -0.05) is 36.8 Å². The van der Waals surface area contributed by atoms with E-state index in [0.29, 0.717) is 12.5 Å². The zero-order valence-electron chi connectivity index (χ0n) is 13.1. The van der Waals surface area contributed by atoms with Gasteiger partial charge in [0.1, 0.15) is 0 Å². The second-order valence-electron chi connectivity index (χ2n) is 5.79. The van der Waals surface area contributed by atoms with E-state index < -0.39 is 0 Å². The predicted molar refractivity (Wildman–Crippen MR) is 87.2 cm³/mol. The van der Waals surface area contributed by atoms with Gasteiger partial charge in [-0.2, -0.15) is 0 Å². The van der Waals surface area contributed by atoms with Gasteiger partial charge in [-0.25, -0.2) is 0 Å². The Morgan fingerprint density at radius 1 is 1.33 bits per heavy atom. The lowest BCUT2D eigenvalue weighted by molar-refractivity contribution is 0.136. The molecule has 1 aromatic rings. The molecule has 0 aliphatic heterocycles. The highest BCUT2D eigenvalue weighted by atomic mass is 16.3. The fourth-order valence-corrected chi connectivity index (χ4v) is 2.84. The minimum atomic E-state index is -0.170. The van der Waals surface area contributed by atoms with Crippen molar-refractivity contribution in [2.24, 2.45) is 10.9 Å². The minimum Gasteiger partial charge on any atom is -0.393 e. The van der Waals surface area contributed by atoms with Crippen LogP contribution in [0.1, 0.15) is 31.7 Å². The third-order valence-corrected chi connectivity index (χ3v) is 4.05. The van der Waals surface area contributed by atoms with E-state index in [-0.39, 0.29) is 6.10 Å². The van der Waals surface area contributed by atoms with Gasteiger partial charge in [0.05, 0.1) is 6.10 Å². The van der Waals surface area contributed by atoms with Gasteiger partial charge in [-0.3, -0.25) is 4.99 Å². The Bertz CT molecular complexity index is 447. The quantitative estimate of drug-likeness (QED) is 0.645. The highest BCUT2D eigenvalue weighted by Crippen LogP contribution is 2.25. The number of nitrogens with zero attached hydrogens (tertiary/aromatic N) is 2. The molecule has 4 heteroatoms. The van der Waals surface area contributed by atoms with Crippen LogP contribution in [0.25, 0.3) is 0 Å². The zero-order chi connectivity index (χ0) is 15.1. The van der Waals surface area contributed by atoms with Crippen LogP contribution >= 0.6 is 0 Å². The van der Waals surface area contributed by atoms with Crippen molar-refractivity contribution in [2.45, 2.75) is 38.8 Å². The fourth-order valence-electron chi connectivity index (χ4n) is 2.84. The Morgan fingerprint density at radius 2 is 2.10 bits per heavy atom. The van der Waals surface area contributed by atoms with Crippen molar-refractivity contribution in [1.82, 2.24) is 10.2 Å². The normalized spacial score (nSPS) is 22.3. The van der Waals surface area contributed by atoms with E-state index in [9.17, 15) is 5.11 Å². The Labute approximate surface area is 127 Å². The average molecular weight is 289 g/mol. The molecular weight excluding hydrogens is 262 g/mol. The number of rotatable bonds is 5. The standard InChI is InChI=1S/C17H27N3O/c1-3-18-17(19-12-15-10-7-11-16(15)21)20(2)13-14-8-5-4-6-9-14/h4-6,8-9,15-16,21H,3,7,10-13H2,1-2H3,(H,18,19). The van der Waals surface area contributed by atoms with Gasteiger partial charge >= 0.3 is 0 Å². The van der Waals surface area contributed by atoms with Gasteiger partial charge in [0.15, 0.2) is 5.96 Å². The summed E-state index contributed by atoms with van der Waals surface area (Å²) in [5.41, 5.74) is 1.27. The van der Waals surface area contributed by atoms with Gasteiger partial charge in [0, 0.05) is 32.6 Å². The molecule has 0 aromatic heterocycles. The number of benzene rings is 1. The fraction of sp³-hybridized carbons (Fsp3) is 0.588. The van der Waals surface area contributed by atoms with Crippen LogP contribution in [0.5, 0.6) is 0 Å². The summed E-state index contributed by atoms with van der Waals surface area (Å²) in [5.74, 6) is 1.24. The maximum Gasteiger partial charge on any atom is 0.193 e. The molecule has 0 bridgehead atoms. The Morgan fingerprint density at radius 3 is 2.71 bits per heavy atom. The van der Waals surface area contributed by atoms with E-state index in [4.69, 9.17) is 4.99 Å². The predicted octanol–water partition coefficient (Wildman–Crippen LogP) is 2.24. The molecule has 1 fully saturated rings. The molecule has 0 saturated heterocycles. The molecule has 0 radical (unpaired) electrons. The Kier molecular flexibility index (Phi) is 6.05.